The van der Waals surface area contributed by atoms with Gasteiger partial charge in [-0.2, -0.15) is 0 Å². The van der Waals surface area contributed by atoms with Crippen LogP contribution in [0.1, 0.15) is 70.0 Å². The van der Waals surface area contributed by atoms with Gasteiger partial charge < -0.3 is 5.73 Å². The predicted molar refractivity (Wildman–Crippen MR) is 78.2 cm³/mol. The van der Waals surface area contributed by atoms with Gasteiger partial charge in [0.15, 0.2) is 4.60 Å². The van der Waals surface area contributed by atoms with Gasteiger partial charge in [0.1, 0.15) is 0 Å². The highest BCUT2D eigenvalue weighted by atomic mass is 79.9. The van der Waals surface area contributed by atoms with E-state index in [1.165, 1.54) is 44.9 Å². The smallest absolute Gasteiger partial charge is 0.153 e. The highest BCUT2D eigenvalue weighted by molar-refractivity contribution is 9.10. The van der Waals surface area contributed by atoms with Crippen LogP contribution in [0.5, 0.6) is 0 Å². The lowest BCUT2D eigenvalue weighted by Crippen LogP contribution is -2.15. The third-order valence-electron chi connectivity index (χ3n) is 3.30. The van der Waals surface area contributed by atoms with E-state index < -0.39 is 0 Å². The van der Waals surface area contributed by atoms with Gasteiger partial charge in [-0.15, -0.1) is 5.10 Å². The van der Waals surface area contributed by atoms with Crippen LogP contribution in [0.15, 0.2) is 4.60 Å². The summed E-state index contributed by atoms with van der Waals surface area (Å²) in [5.41, 5.74) is 7.17. The van der Waals surface area contributed by atoms with Gasteiger partial charge in [0.05, 0.1) is 5.69 Å². The first-order valence-electron chi connectivity index (χ1n) is 6.97. The lowest BCUT2D eigenvalue weighted by Gasteiger charge is -2.11. The first kappa shape index (κ1) is 15.6. The summed E-state index contributed by atoms with van der Waals surface area (Å²) in [4.78, 5) is 0. The molecule has 0 aromatic carbocycles. The number of hydrogen-bond acceptors (Lipinski definition) is 3. The quantitative estimate of drug-likeness (QED) is 0.706. The predicted octanol–water partition coefficient (Wildman–Crippen LogP) is 3.72. The van der Waals surface area contributed by atoms with Crippen molar-refractivity contribution in [3.8, 4) is 0 Å². The zero-order valence-corrected chi connectivity index (χ0v) is 13.1. The lowest BCUT2D eigenvalue weighted by molar-refractivity contribution is 0.518. The third kappa shape index (κ3) is 5.06. The summed E-state index contributed by atoms with van der Waals surface area (Å²) in [6.07, 6.45) is 10.2. The van der Waals surface area contributed by atoms with E-state index in [0.29, 0.717) is 0 Å². The maximum Gasteiger partial charge on any atom is 0.153 e. The normalized spacial score (nSPS) is 12.9. The summed E-state index contributed by atoms with van der Waals surface area (Å²) in [6.45, 7) is 2.25. The van der Waals surface area contributed by atoms with E-state index >= 15 is 0 Å². The monoisotopic (exact) mass is 316 g/mol. The first-order valence-corrected chi connectivity index (χ1v) is 7.76. The Hall–Kier alpha value is -0.420. The van der Waals surface area contributed by atoms with E-state index in [9.17, 15) is 0 Å². The molecular weight excluding hydrogens is 292 g/mol. The number of aryl methyl sites for hydroxylation is 1. The molecule has 0 spiro atoms. The highest BCUT2D eigenvalue weighted by Gasteiger charge is 2.15. The fraction of sp³-hybridized carbons (Fsp3) is 0.846. The Morgan fingerprint density at radius 2 is 1.78 bits per heavy atom. The molecule has 1 heterocycles. The van der Waals surface area contributed by atoms with Crippen LogP contribution >= 0.6 is 15.9 Å². The van der Waals surface area contributed by atoms with Crippen molar-refractivity contribution in [1.29, 1.82) is 0 Å². The van der Waals surface area contributed by atoms with Crippen molar-refractivity contribution in [3.63, 3.8) is 0 Å². The average Bonchev–Trinajstić information content (AvgIpc) is 2.68. The van der Waals surface area contributed by atoms with Gasteiger partial charge in [-0.3, -0.25) is 0 Å². The number of unbranched alkanes of at least 4 members (excludes halogenated alkanes) is 6. The van der Waals surface area contributed by atoms with Crippen LogP contribution in [0.4, 0.5) is 0 Å². The molecule has 5 heteroatoms. The maximum atomic E-state index is 6.17. The minimum atomic E-state index is 0.0371. The van der Waals surface area contributed by atoms with Crippen LogP contribution in [0.3, 0.4) is 0 Å². The van der Waals surface area contributed by atoms with Gasteiger partial charge in [-0.25, -0.2) is 4.68 Å². The van der Waals surface area contributed by atoms with Crippen molar-refractivity contribution in [1.82, 2.24) is 15.0 Å². The molecule has 4 nitrogen and oxygen atoms in total. The summed E-state index contributed by atoms with van der Waals surface area (Å²) in [5.74, 6) is 0. The van der Waals surface area contributed by atoms with Crippen molar-refractivity contribution >= 4 is 15.9 Å². The Labute approximate surface area is 118 Å². The molecule has 0 bridgehead atoms. The molecule has 2 N–H and O–H groups in total. The van der Waals surface area contributed by atoms with Crippen molar-refractivity contribution in [2.45, 2.75) is 64.3 Å². The topological polar surface area (TPSA) is 56.7 Å². The Balaban J connectivity index is 2.16. The molecule has 0 saturated carbocycles. The van der Waals surface area contributed by atoms with E-state index in [4.69, 9.17) is 5.73 Å². The Morgan fingerprint density at radius 3 is 2.33 bits per heavy atom. The van der Waals surface area contributed by atoms with E-state index in [1.807, 2.05) is 7.05 Å². The van der Waals surface area contributed by atoms with Gasteiger partial charge >= 0.3 is 0 Å². The van der Waals surface area contributed by atoms with Gasteiger partial charge in [0.25, 0.3) is 0 Å². The molecule has 1 rings (SSSR count). The minimum Gasteiger partial charge on any atom is -0.323 e. The van der Waals surface area contributed by atoms with E-state index in [1.54, 1.807) is 4.68 Å². The summed E-state index contributed by atoms with van der Waals surface area (Å²) < 4.78 is 2.54. The second kappa shape index (κ2) is 8.64. The molecule has 0 aliphatic heterocycles. The minimum absolute atomic E-state index is 0.0371. The van der Waals surface area contributed by atoms with Gasteiger partial charge in [-0.05, 0) is 22.4 Å². The van der Waals surface area contributed by atoms with Gasteiger partial charge in [0, 0.05) is 13.1 Å². The average molecular weight is 317 g/mol. The molecule has 1 unspecified atom stereocenters. The first-order chi connectivity index (χ1) is 8.66. The Morgan fingerprint density at radius 1 is 1.17 bits per heavy atom. The van der Waals surface area contributed by atoms with Crippen molar-refractivity contribution < 1.29 is 0 Å². The van der Waals surface area contributed by atoms with Crippen molar-refractivity contribution in [2.24, 2.45) is 12.8 Å². The van der Waals surface area contributed by atoms with Crippen molar-refractivity contribution in [2.75, 3.05) is 0 Å². The van der Waals surface area contributed by atoms with Crippen LogP contribution in [0, 0.1) is 0 Å². The molecule has 0 aliphatic carbocycles. The maximum absolute atomic E-state index is 6.17. The SMILES string of the molecule is CCCCCCCCCC(N)c1c(Br)nnn1C. The molecule has 0 radical (unpaired) electrons. The van der Waals surface area contributed by atoms with Crippen LogP contribution in [0.2, 0.25) is 0 Å². The fourth-order valence-corrected chi connectivity index (χ4v) is 2.81. The standard InChI is InChI=1S/C13H25BrN4/c1-3-4-5-6-7-8-9-10-11(15)12-13(14)16-17-18(12)2/h11H,3-10,15H2,1-2H3. The highest BCUT2D eigenvalue weighted by Crippen LogP contribution is 2.23. The molecule has 1 atom stereocenters. The van der Waals surface area contributed by atoms with Gasteiger partial charge in [-0.1, -0.05) is 57.1 Å². The summed E-state index contributed by atoms with van der Waals surface area (Å²) in [6, 6.07) is 0.0371. The molecule has 1 aromatic rings. The zero-order chi connectivity index (χ0) is 13.4. The largest absolute Gasteiger partial charge is 0.323 e. The molecule has 0 saturated heterocycles. The molecule has 0 aliphatic rings. The number of halogens is 1. The molecule has 1 aromatic heterocycles. The van der Waals surface area contributed by atoms with Gasteiger partial charge in [0.2, 0.25) is 0 Å². The zero-order valence-electron chi connectivity index (χ0n) is 11.5. The van der Waals surface area contributed by atoms with Crippen LogP contribution < -0.4 is 5.73 Å². The second-order valence-corrected chi connectivity index (χ2v) is 5.66. The number of rotatable bonds is 9. The van der Waals surface area contributed by atoms with Crippen molar-refractivity contribution in [3.05, 3.63) is 10.3 Å². The molecular formula is C13H25BrN4. The summed E-state index contributed by atoms with van der Waals surface area (Å²) in [7, 11) is 1.89. The number of aromatic nitrogens is 3. The Bertz CT molecular complexity index is 318. The molecule has 0 amide bonds. The number of nitrogens with zero attached hydrogens (tertiary/aromatic N) is 3. The summed E-state index contributed by atoms with van der Waals surface area (Å²) in [5, 5.41) is 7.92. The van der Waals surface area contributed by atoms with Crippen LogP contribution in [-0.4, -0.2) is 15.0 Å². The number of hydrogen-bond donors (Lipinski definition) is 1. The molecule has 18 heavy (non-hydrogen) atoms. The third-order valence-corrected chi connectivity index (χ3v) is 3.86. The second-order valence-electron chi connectivity index (χ2n) is 4.91. The van der Waals surface area contributed by atoms with Crippen LogP contribution in [0.25, 0.3) is 0 Å². The lowest BCUT2D eigenvalue weighted by atomic mass is 10.0. The number of nitrogens with two attached hydrogens (primary N) is 1. The summed E-state index contributed by atoms with van der Waals surface area (Å²) >= 11 is 3.39. The molecule has 0 fully saturated rings. The fourth-order valence-electron chi connectivity index (χ4n) is 2.19. The Kier molecular flexibility index (Phi) is 7.51. The van der Waals surface area contributed by atoms with E-state index in [0.717, 1.165) is 16.7 Å². The van der Waals surface area contributed by atoms with Crippen LogP contribution in [-0.2, 0) is 7.05 Å². The van der Waals surface area contributed by atoms with E-state index in [2.05, 4.69) is 33.2 Å². The molecule has 104 valence electrons. The van der Waals surface area contributed by atoms with E-state index in [-0.39, 0.29) is 6.04 Å².